The van der Waals surface area contributed by atoms with E-state index in [1.54, 1.807) is 18.2 Å². The van der Waals surface area contributed by atoms with Crippen LogP contribution in [0, 0.1) is 21.4 Å². The van der Waals surface area contributed by atoms with E-state index in [1.165, 1.54) is 17.8 Å². The quantitative estimate of drug-likeness (QED) is 0.332. The molecular weight excluding hydrogens is 212 g/mol. The Morgan fingerprint density at radius 1 is 1.47 bits per heavy atom. The van der Waals surface area contributed by atoms with Crippen LogP contribution in [0.2, 0.25) is 0 Å². The van der Waals surface area contributed by atoms with Gasteiger partial charge >= 0.3 is 0 Å². The number of nitro groups is 1. The van der Waals surface area contributed by atoms with Crippen molar-refractivity contribution in [3.63, 3.8) is 0 Å². The first kappa shape index (κ1) is 11.5. The van der Waals surface area contributed by atoms with E-state index >= 15 is 0 Å². The van der Waals surface area contributed by atoms with Gasteiger partial charge in [-0.2, -0.15) is 5.26 Å². The number of nitro benzene ring substituents is 1. The number of thioether (sulfide) groups is 1. The van der Waals surface area contributed by atoms with Crippen molar-refractivity contribution >= 4 is 17.4 Å². The molecule has 0 bridgehead atoms. The van der Waals surface area contributed by atoms with Gasteiger partial charge in [-0.3, -0.25) is 10.1 Å². The van der Waals surface area contributed by atoms with Crippen LogP contribution in [-0.2, 0) is 0 Å². The Bertz CT molecular complexity index is 387. The predicted octanol–water partition coefficient (Wildman–Crippen LogP) is 2.99. The fourth-order valence-electron chi connectivity index (χ4n) is 1.06. The number of hydrogen-bond acceptors (Lipinski definition) is 4. The zero-order valence-electron chi connectivity index (χ0n) is 8.05. The summed E-state index contributed by atoms with van der Waals surface area (Å²) in [5.41, 5.74) is 0.138. The SMILES string of the molecule is N#CCCCSc1ccccc1[N+](=O)[O-]. The summed E-state index contributed by atoms with van der Waals surface area (Å²) in [6.45, 7) is 0. The van der Waals surface area contributed by atoms with E-state index in [9.17, 15) is 10.1 Å². The maximum atomic E-state index is 10.7. The number of rotatable bonds is 5. The molecule has 0 saturated carbocycles. The first-order valence-corrected chi connectivity index (χ1v) is 5.47. The van der Waals surface area contributed by atoms with Gasteiger partial charge in [-0.1, -0.05) is 12.1 Å². The highest BCUT2D eigenvalue weighted by molar-refractivity contribution is 7.99. The summed E-state index contributed by atoms with van der Waals surface area (Å²) in [5, 5.41) is 19.0. The Hall–Kier alpha value is -1.54. The van der Waals surface area contributed by atoms with Crippen LogP contribution in [0.5, 0.6) is 0 Å². The molecule has 4 nitrogen and oxygen atoms in total. The van der Waals surface area contributed by atoms with Gasteiger partial charge in [0.1, 0.15) is 0 Å². The number of hydrogen-bond donors (Lipinski definition) is 0. The van der Waals surface area contributed by atoms with Crippen molar-refractivity contribution < 1.29 is 4.92 Å². The molecule has 0 aliphatic rings. The highest BCUT2D eigenvalue weighted by atomic mass is 32.2. The van der Waals surface area contributed by atoms with Crippen LogP contribution in [0.4, 0.5) is 5.69 Å². The molecule has 0 aliphatic carbocycles. The van der Waals surface area contributed by atoms with Gasteiger partial charge < -0.3 is 0 Å². The van der Waals surface area contributed by atoms with Crippen molar-refractivity contribution in [2.24, 2.45) is 0 Å². The number of benzene rings is 1. The van der Waals surface area contributed by atoms with Crippen molar-refractivity contribution in [2.45, 2.75) is 17.7 Å². The summed E-state index contributed by atoms with van der Waals surface area (Å²) in [4.78, 5) is 10.9. The average Bonchev–Trinajstić information content (AvgIpc) is 2.25. The van der Waals surface area contributed by atoms with E-state index < -0.39 is 0 Å². The lowest BCUT2D eigenvalue weighted by molar-refractivity contribution is -0.387. The number of unbranched alkanes of at least 4 members (excludes halogenated alkanes) is 1. The van der Waals surface area contributed by atoms with E-state index in [-0.39, 0.29) is 10.6 Å². The van der Waals surface area contributed by atoms with Crippen molar-refractivity contribution in [1.82, 2.24) is 0 Å². The molecule has 0 amide bonds. The van der Waals surface area contributed by atoms with Gasteiger partial charge in [0.05, 0.1) is 15.9 Å². The third-order valence-electron chi connectivity index (χ3n) is 1.75. The lowest BCUT2D eigenvalue weighted by atomic mass is 10.3. The largest absolute Gasteiger partial charge is 0.282 e. The molecule has 0 aromatic heterocycles. The zero-order chi connectivity index (χ0) is 11.1. The van der Waals surface area contributed by atoms with Gasteiger partial charge in [0.25, 0.3) is 5.69 Å². The molecule has 0 aliphatic heterocycles. The van der Waals surface area contributed by atoms with E-state index in [2.05, 4.69) is 0 Å². The highest BCUT2D eigenvalue weighted by Gasteiger charge is 2.11. The van der Waals surface area contributed by atoms with Crippen molar-refractivity contribution in [1.29, 1.82) is 5.26 Å². The van der Waals surface area contributed by atoms with Gasteiger partial charge in [0, 0.05) is 12.5 Å². The predicted molar refractivity (Wildman–Crippen MR) is 58.7 cm³/mol. The van der Waals surface area contributed by atoms with E-state index in [0.717, 1.165) is 12.2 Å². The van der Waals surface area contributed by atoms with Crippen LogP contribution in [0.3, 0.4) is 0 Å². The minimum Gasteiger partial charge on any atom is -0.258 e. The fourth-order valence-corrected chi connectivity index (χ4v) is 2.04. The Kier molecular flexibility index (Phi) is 4.64. The summed E-state index contributed by atoms with van der Waals surface area (Å²) in [6.07, 6.45) is 1.25. The molecule has 0 unspecified atom stereocenters. The van der Waals surface area contributed by atoms with Gasteiger partial charge in [-0.05, 0) is 18.2 Å². The molecule has 1 rings (SSSR count). The molecule has 15 heavy (non-hydrogen) atoms. The summed E-state index contributed by atoms with van der Waals surface area (Å²) in [6, 6.07) is 8.70. The third kappa shape index (κ3) is 3.60. The Balaban J connectivity index is 2.60. The fraction of sp³-hybridized carbons (Fsp3) is 0.300. The van der Waals surface area contributed by atoms with Crippen LogP contribution in [0.25, 0.3) is 0 Å². The molecule has 1 aromatic rings. The lowest BCUT2D eigenvalue weighted by Crippen LogP contribution is -1.90. The summed E-state index contributed by atoms with van der Waals surface area (Å²) in [5.74, 6) is 0.735. The second kappa shape index (κ2) is 6.04. The average molecular weight is 222 g/mol. The minimum absolute atomic E-state index is 0.138. The number of nitrogens with zero attached hydrogens (tertiary/aromatic N) is 2. The minimum atomic E-state index is -0.382. The van der Waals surface area contributed by atoms with Crippen molar-refractivity contribution in [3.8, 4) is 6.07 Å². The monoisotopic (exact) mass is 222 g/mol. The number of para-hydroxylation sites is 1. The molecule has 0 atom stereocenters. The van der Waals surface area contributed by atoms with E-state index in [0.29, 0.717) is 11.3 Å². The highest BCUT2D eigenvalue weighted by Crippen LogP contribution is 2.28. The van der Waals surface area contributed by atoms with Crippen LogP contribution >= 0.6 is 11.8 Å². The molecule has 5 heteroatoms. The topological polar surface area (TPSA) is 66.9 Å². The molecule has 0 radical (unpaired) electrons. The standard InChI is InChI=1S/C10H10N2O2S/c11-7-3-4-8-15-10-6-2-1-5-9(10)12(13)14/h1-2,5-6H,3-4,8H2. The van der Waals surface area contributed by atoms with E-state index in [1.807, 2.05) is 6.07 Å². The number of nitriles is 1. The van der Waals surface area contributed by atoms with Crippen LogP contribution in [0.15, 0.2) is 29.2 Å². The maximum absolute atomic E-state index is 10.7. The Morgan fingerprint density at radius 2 is 2.20 bits per heavy atom. The molecule has 1 aromatic carbocycles. The molecule has 0 saturated heterocycles. The Morgan fingerprint density at radius 3 is 2.87 bits per heavy atom. The molecule has 0 heterocycles. The third-order valence-corrected chi connectivity index (χ3v) is 2.90. The molecule has 78 valence electrons. The summed E-state index contributed by atoms with van der Waals surface area (Å²) < 4.78 is 0. The van der Waals surface area contributed by atoms with Crippen molar-refractivity contribution in [2.75, 3.05) is 5.75 Å². The van der Waals surface area contributed by atoms with Gasteiger partial charge in [0.15, 0.2) is 0 Å². The Labute approximate surface area is 92.1 Å². The first-order valence-electron chi connectivity index (χ1n) is 4.49. The van der Waals surface area contributed by atoms with Crippen molar-refractivity contribution in [3.05, 3.63) is 34.4 Å². The maximum Gasteiger partial charge on any atom is 0.282 e. The smallest absolute Gasteiger partial charge is 0.258 e. The van der Waals surface area contributed by atoms with Crippen LogP contribution < -0.4 is 0 Å². The molecular formula is C10H10N2O2S. The molecule has 0 N–H and O–H groups in total. The van der Waals surface area contributed by atoms with E-state index in [4.69, 9.17) is 5.26 Å². The lowest BCUT2D eigenvalue weighted by Gasteiger charge is -2.00. The zero-order valence-corrected chi connectivity index (χ0v) is 8.87. The second-order valence-electron chi connectivity index (χ2n) is 2.83. The first-order chi connectivity index (χ1) is 7.25. The van der Waals surface area contributed by atoms with Crippen LogP contribution in [-0.4, -0.2) is 10.7 Å². The van der Waals surface area contributed by atoms with Crippen LogP contribution in [0.1, 0.15) is 12.8 Å². The molecule has 0 fully saturated rings. The van der Waals surface area contributed by atoms with Gasteiger partial charge in [0.2, 0.25) is 0 Å². The summed E-state index contributed by atoms with van der Waals surface area (Å²) >= 11 is 1.42. The normalized spacial score (nSPS) is 9.53. The van der Waals surface area contributed by atoms with Gasteiger partial charge in [-0.25, -0.2) is 0 Å². The summed E-state index contributed by atoms with van der Waals surface area (Å²) in [7, 11) is 0. The van der Waals surface area contributed by atoms with Gasteiger partial charge in [-0.15, -0.1) is 11.8 Å². The second-order valence-corrected chi connectivity index (χ2v) is 3.97. The molecule has 0 spiro atoms.